The molecule has 5 heteroatoms. The topological polar surface area (TPSA) is 42.7 Å². The highest BCUT2D eigenvalue weighted by Crippen LogP contribution is 2.23. The van der Waals surface area contributed by atoms with Gasteiger partial charge in [0.05, 0.1) is 28.3 Å². The zero-order chi connectivity index (χ0) is 13.8. The molecule has 0 saturated carbocycles. The molecule has 2 aromatic rings. The van der Waals surface area contributed by atoms with Crippen LogP contribution in [-0.2, 0) is 6.54 Å². The molecule has 4 nitrogen and oxygen atoms in total. The Balaban J connectivity index is 2.36. The summed E-state index contributed by atoms with van der Waals surface area (Å²) in [5, 5.41) is 8.61. The fourth-order valence-corrected chi connectivity index (χ4v) is 2.13. The highest BCUT2D eigenvalue weighted by atomic mass is 35.5. The molecule has 102 valence electrons. The molecule has 0 aliphatic carbocycles. The minimum Gasteiger partial charge on any atom is -0.313 e. The van der Waals surface area contributed by atoms with Crippen LogP contribution < -0.4 is 5.32 Å². The Labute approximate surface area is 118 Å². The predicted molar refractivity (Wildman–Crippen MR) is 77.8 cm³/mol. The molecule has 19 heavy (non-hydrogen) atoms. The lowest BCUT2D eigenvalue weighted by molar-refractivity contribution is 0.668. The van der Waals surface area contributed by atoms with Gasteiger partial charge in [0.25, 0.3) is 0 Å². The number of pyridine rings is 1. The number of hydrogen-bond acceptors (Lipinski definition) is 3. The maximum atomic E-state index is 6.21. The number of halogens is 1. The summed E-state index contributed by atoms with van der Waals surface area (Å²) in [6.45, 7) is 7.85. The van der Waals surface area contributed by atoms with Crippen molar-refractivity contribution >= 4 is 11.6 Å². The average Bonchev–Trinajstić information content (AvgIpc) is 2.67. The van der Waals surface area contributed by atoms with Crippen LogP contribution >= 0.6 is 11.6 Å². The number of hydrogen-bond donors (Lipinski definition) is 1. The predicted octanol–water partition coefficient (Wildman–Crippen LogP) is 3.04. The van der Waals surface area contributed by atoms with Crippen LogP contribution in [0, 0.1) is 13.8 Å². The van der Waals surface area contributed by atoms with Crippen molar-refractivity contribution < 1.29 is 0 Å². The van der Waals surface area contributed by atoms with Crippen molar-refractivity contribution in [1.29, 1.82) is 0 Å². The first kappa shape index (κ1) is 14.0. The van der Waals surface area contributed by atoms with Gasteiger partial charge in [0, 0.05) is 12.7 Å². The van der Waals surface area contributed by atoms with Crippen molar-refractivity contribution in [3.05, 3.63) is 40.4 Å². The first-order chi connectivity index (χ1) is 9.15. The zero-order valence-electron chi connectivity index (χ0n) is 11.6. The molecule has 0 spiro atoms. The number of nitrogens with one attached hydrogen (secondary N) is 1. The van der Waals surface area contributed by atoms with Gasteiger partial charge in [0.1, 0.15) is 0 Å². The Morgan fingerprint density at radius 1 is 1.37 bits per heavy atom. The summed E-state index contributed by atoms with van der Waals surface area (Å²) >= 11 is 6.21. The van der Waals surface area contributed by atoms with Crippen molar-refractivity contribution in [1.82, 2.24) is 20.1 Å². The van der Waals surface area contributed by atoms with E-state index in [0.29, 0.717) is 0 Å². The molecule has 0 unspecified atom stereocenters. The van der Waals surface area contributed by atoms with E-state index in [1.165, 1.54) is 5.56 Å². The second kappa shape index (κ2) is 6.17. The Morgan fingerprint density at radius 2 is 2.16 bits per heavy atom. The summed E-state index contributed by atoms with van der Waals surface area (Å²) in [5.74, 6) is 0. The minimum atomic E-state index is 0.719. The largest absolute Gasteiger partial charge is 0.313 e. The molecule has 0 aliphatic heterocycles. The van der Waals surface area contributed by atoms with Crippen molar-refractivity contribution in [3.63, 3.8) is 0 Å². The van der Waals surface area contributed by atoms with Crippen LogP contribution in [0.15, 0.2) is 18.5 Å². The lowest BCUT2D eigenvalue weighted by Crippen LogP contribution is -2.16. The van der Waals surface area contributed by atoms with Crippen LogP contribution in [0.5, 0.6) is 0 Å². The molecular formula is C14H19ClN4. The number of nitrogens with zero attached hydrogens (tertiary/aromatic N) is 3. The average molecular weight is 279 g/mol. The Hall–Kier alpha value is -1.39. The summed E-state index contributed by atoms with van der Waals surface area (Å²) in [6.07, 6.45) is 4.75. The van der Waals surface area contributed by atoms with Crippen LogP contribution in [0.4, 0.5) is 0 Å². The molecule has 0 radical (unpaired) electrons. The van der Waals surface area contributed by atoms with E-state index >= 15 is 0 Å². The van der Waals surface area contributed by atoms with Gasteiger partial charge in [-0.2, -0.15) is 5.10 Å². The molecule has 0 aliphatic rings. The summed E-state index contributed by atoms with van der Waals surface area (Å²) in [7, 11) is 0. The van der Waals surface area contributed by atoms with Crippen molar-refractivity contribution in [2.75, 3.05) is 6.54 Å². The van der Waals surface area contributed by atoms with Crippen molar-refractivity contribution in [2.45, 2.75) is 33.7 Å². The molecule has 2 heterocycles. The highest BCUT2D eigenvalue weighted by Gasteiger charge is 2.13. The lowest BCUT2D eigenvalue weighted by Gasteiger charge is -2.11. The van der Waals surface area contributed by atoms with E-state index in [4.69, 9.17) is 11.6 Å². The van der Waals surface area contributed by atoms with E-state index in [2.05, 4.69) is 22.3 Å². The minimum absolute atomic E-state index is 0.719. The van der Waals surface area contributed by atoms with Crippen LogP contribution in [0.2, 0.25) is 5.02 Å². The Morgan fingerprint density at radius 3 is 2.79 bits per heavy atom. The van der Waals surface area contributed by atoms with Gasteiger partial charge >= 0.3 is 0 Å². The molecule has 0 atom stereocenters. The van der Waals surface area contributed by atoms with Crippen LogP contribution in [0.3, 0.4) is 0 Å². The lowest BCUT2D eigenvalue weighted by atomic mass is 10.2. The first-order valence-corrected chi connectivity index (χ1v) is 6.88. The first-order valence-electron chi connectivity index (χ1n) is 6.50. The number of aromatic nitrogens is 3. The van der Waals surface area contributed by atoms with Gasteiger partial charge in [-0.3, -0.25) is 4.98 Å². The van der Waals surface area contributed by atoms with E-state index in [1.54, 1.807) is 6.20 Å². The van der Waals surface area contributed by atoms with Gasteiger partial charge < -0.3 is 5.32 Å². The Kier molecular flexibility index (Phi) is 4.56. The SMILES string of the molecule is CCCNCc1ccncc1-n1nc(C)c(Cl)c1C. The standard InChI is InChI=1S/C14H19ClN4/c1-4-6-16-8-12-5-7-17-9-13(12)19-11(3)14(15)10(2)18-19/h5,7,9,16H,4,6,8H2,1-3H3. The normalized spacial score (nSPS) is 10.9. The third-order valence-electron chi connectivity index (χ3n) is 3.06. The van der Waals surface area contributed by atoms with Crippen LogP contribution in [-0.4, -0.2) is 21.3 Å². The van der Waals surface area contributed by atoms with E-state index in [9.17, 15) is 0 Å². The van der Waals surface area contributed by atoms with Crippen molar-refractivity contribution in [2.24, 2.45) is 0 Å². The summed E-state index contributed by atoms with van der Waals surface area (Å²) in [4.78, 5) is 4.20. The van der Waals surface area contributed by atoms with Gasteiger partial charge in [-0.05, 0) is 38.4 Å². The second-order valence-electron chi connectivity index (χ2n) is 4.58. The molecule has 0 amide bonds. The third kappa shape index (κ3) is 2.96. The molecule has 0 fully saturated rings. The van der Waals surface area contributed by atoms with Crippen molar-refractivity contribution in [3.8, 4) is 5.69 Å². The van der Waals surface area contributed by atoms with Gasteiger partial charge in [-0.1, -0.05) is 18.5 Å². The fraction of sp³-hybridized carbons (Fsp3) is 0.429. The molecule has 1 N–H and O–H groups in total. The molecule has 2 aromatic heterocycles. The van der Waals surface area contributed by atoms with Gasteiger partial charge in [0.2, 0.25) is 0 Å². The van der Waals surface area contributed by atoms with Crippen LogP contribution in [0.1, 0.15) is 30.3 Å². The molecular weight excluding hydrogens is 260 g/mol. The quantitative estimate of drug-likeness (QED) is 0.855. The van der Waals surface area contributed by atoms with Gasteiger partial charge in [-0.15, -0.1) is 0 Å². The van der Waals surface area contributed by atoms with E-state index in [1.807, 2.05) is 30.8 Å². The number of aryl methyl sites for hydroxylation is 1. The van der Waals surface area contributed by atoms with E-state index in [-0.39, 0.29) is 0 Å². The maximum Gasteiger partial charge on any atom is 0.0877 e. The molecule has 0 bridgehead atoms. The maximum absolute atomic E-state index is 6.21. The zero-order valence-corrected chi connectivity index (χ0v) is 12.3. The molecule has 0 saturated heterocycles. The third-order valence-corrected chi connectivity index (χ3v) is 3.61. The smallest absolute Gasteiger partial charge is 0.0877 e. The number of rotatable bonds is 5. The second-order valence-corrected chi connectivity index (χ2v) is 4.96. The van der Waals surface area contributed by atoms with E-state index < -0.39 is 0 Å². The molecule has 2 rings (SSSR count). The Bertz CT molecular complexity index is 563. The van der Waals surface area contributed by atoms with Gasteiger partial charge in [0.15, 0.2) is 0 Å². The summed E-state index contributed by atoms with van der Waals surface area (Å²) in [5.41, 5.74) is 3.95. The monoisotopic (exact) mass is 278 g/mol. The van der Waals surface area contributed by atoms with E-state index in [0.717, 1.165) is 41.6 Å². The summed E-state index contributed by atoms with van der Waals surface area (Å²) < 4.78 is 1.87. The molecule has 0 aromatic carbocycles. The van der Waals surface area contributed by atoms with Gasteiger partial charge in [-0.25, -0.2) is 4.68 Å². The van der Waals surface area contributed by atoms with Crippen LogP contribution in [0.25, 0.3) is 5.69 Å². The highest BCUT2D eigenvalue weighted by molar-refractivity contribution is 6.31. The summed E-state index contributed by atoms with van der Waals surface area (Å²) in [6, 6.07) is 2.02. The fourth-order valence-electron chi connectivity index (χ4n) is 2.01.